The lowest BCUT2D eigenvalue weighted by Crippen LogP contribution is -2.11. The molecule has 17 heavy (non-hydrogen) atoms. The van der Waals surface area contributed by atoms with Crippen LogP contribution < -0.4 is 0 Å². The van der Waals surface area contributed by atoms with Gasteiger partial charge in [0.25, 0.3) is 0 Å². The van der Waals surface area contributed by atoms with E-state index in [0.717, 1.165) is 17.0 Å². The van der Waals surface area contributed by atoms with Crippen LogP contribution in [0.4, 0.5) is 0 Å². The number of nitrogens with zero attached hydrogens (tertiary/aromatic N) is 2. The molecule has 2 aromatic rings. The highest BCUT2D eigenvalue weighted by Gasteiger charge is 2.11. The van der Waals surface area contributed by atoms with Crippen LogP contribution in [-0.2, 0) is 0 Å². The molecule has 2 nitrogen and oxygen atoms in total. The maximum Gasteiger partial charge on any atom is 0.0706 e. The molecule has 1 aromatic carbocycles. The van der Waals surface area contributed by atoms with E-state index in [4.69, 9.17) is 4.98 Å². The number of pyridine rings is 1. The van der Waals surface area contributed by atoms with Crippen molar-refractivity contribution in [2.75, 3.05) is 7.05 Å². The number of rotatable bonds is 3. The zero-order valence-electron chi connectivity index (χ0n) is 9.97. The maximum absolute atomic E-state index is 4.72. The number of aromatic nitrogens is 1. The third-order valence-corrected chi connectivity index (χ3v) is 3.64. The van der Waals surface area contributed by atoms with E-state index >= 15 is 0 Å². The predicted octanol–water partition coefficient (Wildman–Crippen LogP) is 4.09. The third kappa shape index (κ3) is 3.04. The summed E-state index contributed by atoms with van der Waals surface area (Å²) >= 11 is 2.29. The van der Waals surface area contributed by atoms with Gasteiger partial charge in [0.1, 0.15) is 0 Å². The number of benzene rings is 1. The van der Waals surface area contributed by atoms with Crippen molar-refractivity contribution in [1.82, 2.24) is 8.10 Å². The maximum atomic E-state index is 4.72. The molecule has 0 aliphatic carbocycles. The Balaban J connectivity index is 2.35. The molecule has 0 saturated heterocycles. The van der Waals surface area contributed by atoms with Crippen molar-refractivity contribution in [1.29, 1.82) is 0 Å². The van der Waals surface area contributed by atoms with Crippen LogP contribution in [-0.4, -0.2) is 15.1 Å². The summed E-state index contributed by atoms with van der Waals surface area (Å²) in [5.41, 5.74) is 3.30. The highest BCUT2D eigenvalue weighted by atomic mass is 127. The molecule has 0 spiro atoms. The molecule has 1 aromatic heterocycles. The lowest BCUT2D eigenvalue weighted by Gasteiger charge is -2.17. The number of hydrogen-bond acceptors (Lipinski definition) is 2. The first kappa shape index (κ1) is 12.5. The molecular formula is C14H15IN2. The summed E-state index contributed by atoms with van der Waals surface area (Å²) in [6.45, 7) is 2.16. The van der Waals surface area contributed by atoms with E-state index in [2.05, 4.69) is 70.3 Å². The second-order valence-corrected chi connectivity index (χ2v) is 5.54. The van der Waals surface area contributed by atoms with Crippen molar-refractivity contribution in [2.45, 2.75) is 13.0 Å². The van der Waals surface area contributed by atoms with Crippen molar-refractivity contribution in [3.63, 3.8) is 0 Å². The fourth-order valence-corrected chi connectivity index (χ4v) is 1.92. The third-order valence-electron chi connectivity index (χ3n) is 2.80. The van der Waals surface area contributed by atoms with Gasteiger partial charge in [-0.3, -0.25) is 4.98 Å². The minimum atomic E-state index is 0.319. The van der Waals surface area contributed by atoms with Gasteiger partial charge in [0.15, 0.2) is 0 Å². The Labute approximate surface area is 116 Å². The molecule has 1 heterocycles. The molecule has 0 aliphatic rings. The van der Waals surface area contributed by atoms with Gasteiger partial charge in [0, 0.05) is 28.4 Å². The summed E-state index contributed by atoms with van der Waals surface area (Å²) in [6.07, 6.45) is 0. The van der Waals surface area contributed by atoms with Gasteiger partial charge in [-0.15, -0.1) is 0 Å². The van der Waals surface area contributed by atoms with Crippen molar-refractivity contribution in [3.05, 3.63) is 54.2 Å². The van der Waals surface area contributed by atoms with E-state index in [1.165, 1.54) is 0 Å². The first-order valence-electron chi connectivity index (χ1n) is 5.59. The zero-order chi connectivity index (χ0) is 12.3. The van der Waals surface area contributed by atoms with Gasteiger partial charge >= 0.3 is 0 Å². The SMILES string of the molecule is C[C@@H](c1cccc(-c2ccccc2)n1)N(C)I. The Kier molecular flexibility index (Phi) is 4.12. The number of halogens is 1. The van der Waals surface area contributed by atoms with E-state index in [0.29, 0.717) is 6.04 Å². The molecule has 0 unspecified atom stereocenters. The summed E-state index contributed by atoms with van der Waals surface area (Å²) in [4.78, 5) is 4.72. The van der Waals surface area contributed by atoms with Crippen molar-refractivity contribution >= 4 is 22.9 Å². The van der Waals surface area contributed by atoms with Crippen molar-refractivity contribution in [3.8, 4) is 11.3 Å². The average molecular weight is 338 g/mol. The first-order valence-corrected chi connectivity index (χ1v) is 6.56. The van der Waals surface area contributed by atoms with Crippen LogP contribution in [0.25, 0.3) is 11.3 Å². The summed E-state index contributed by atoms with van der Waals surface area (Å²) in [5.74, 6) is 0. The largest absolute Gasteiger partial charge is 0.251 e. The Morgan fingerprint density at radius 2 is 1.76 bits per heavy atom. The van der Waals surface area contributed by atoms with Gasteiger partial charge in [-0.1, -0.05) is 36.4 Å². The van der Waals surface area contributed by atoms with E-state index in [-0.39, 0.29) is 0 Å². The van der Waals surface area contributed by atoms with Gasteiger partial charge in [-0.05, 0) is 26.1 Å². The van der Waals surface area contributed by atoms with Crippen LogP contribution in [0.1, 0.15) is 18.7 Å². The molecule has 1 atom stereocenters. The fourth-order valence-electron chi connectivity index (χ4n) is 1.64. The smallest absolute Gasteiger partial charge is 0.0706 e. The van der Waals surface area contributed by atoms with Gasteiger partial charge in [0.05, 0.1) is 17.4 Å². The van der Waals surface area contributed by atoms with Gasteiger partial charge in [-0.25, -0.2) is 3.11 Å². The first-order chi connectivity index (χ1) is 8.18. The van der Waals surface area contributed by atoms with Crippen LogP contribution in [0, 0.1) is 0 Å². The predicted molar refractivity (Wildman–Crippen MR) is 79.9 cm³/mol. The van der Waals surface area contributed by atoms with Gasteiger partial charge in [-0.2, -0.15) is 0 Å². The second kappa shape index (κ2) is 5.60. The minimum Gasteiger partial charge on any atom is -0.251 e. The Morgan fingerprint density at radius 3 is 2.41 bits per heavy atom. The normalized spacial score (nSPS) is 12.7. The summed E-state index contributed by atoms with van der Waals surface area (Å²) in [6, 6.07) is 16.8. The van der Waals surface area contributed by atoms with E-state index in [1.807, 2.05) is 18.2 Å². The van der Waals surface area contributed by atoms with E-state index < -0.39 is 0 Å². The Hall–Kier alpha value is -0.940. The Morgan fingerprint density at radius 1 is 1.06 bits per heavy atom. The van der Waals surface area contributed by atoms with Crippen molar-refractivity contribution < 1.29 is 0 Å². The molecule has 0 N–H and O–H groups in total. The lowest BCUT2D eigenvalue weighted by atomic mass is 10.1. The van der Waals surface area contributed by atoms with Crippen LogP contribution in [0.2, 0.25) is 0 Å². The standard InChI is InChI=1S/C14H15IN2/c1-11(17(2)15)13-9-6-10-14(16-13)12-7-4-3-5-8-12/h3-11H,1-2H3/t11-/m0/s1. The topological polar surface area (TPSA) is 16.1 Å². The molecule has 0 amide bonds. The van der Waals surface area contributed by atoms with Gasteiger partial charge in [0.2, 0.25) is 0 Å². The van der Waals surface area contributed by atoms with Crippen LogP contribution in [0.5, 0.6) is 0 Å². The molecule has 0 saturated carbocycles. The molecule has 3 heteroatoms. The minimum absolute atomic E-state index is 0.319. The summed E-state index contributed by atoms with van der Waals surface area (Å²) in [5, 5.41) is 0. The van der Waals surface area contributed by atoms with Gasteiger partial charge < -0.3 is 0 Å². The quantitative estimate of drug-likeness (QED) is 0.619. The molecule has 0 aliphatic heterocycles. The highest BCUT2D eigenvalue weighted by molar-refractivity contribution is 14.1. The van der Waals surface area contributed by atoms with Crippen LogP contribution >= 0.6 is 22.9 Å². The average Bonchev–Trinajstić information content (AvgIpc) is 2.39. The molecular weight excluding hydrogens is 323 g/mol. The van der Waals surface area contributed by atoms with Crippen molar-refractivity contribution in [2.24, 2.45) is 0 Å². The zero-order valence-corrected chi connectivity index (χ0v) is 12.1. The van der Waals surface area contributed by atoms with Crippen LogP contribution in [0.15, 0.2) is 48.5 Å². The van der Waals surface area contributed by atoms with Crippen LogP contribution in [0.3, 0.4) is 0 Å². The summed E-state index contributed by atoms with van der Waals surface area (Å²) in [7, 11) is 2.06. The molecule has 2 rings (SSSR count). The number of hydrogen-bond donors (Lipinski definition) is 0. The lowest BCUT2D eigenvalue weighted by molar-refractivity contribution is 0.479. The molecule has 88 valence electrons. The van der Waals surface area contributed by atoms with E-state index in [9.17, 15) is 0 Å². The van der Waals surface area contributed by atoms with E-state index in [1.54, 1.807) is 0 Å². The Bertz CT molecular complexity index is 483. The second-order valence-electron chi connectivity index (χ2n) is 4.01. The monoisotopic (exact) mass is 338 g/mol. The molecule has 0 radical (unpaired) electrons. The molecule has 0 fully saturated rings. The highest BCUT2D eigenvalue weighted by Crippen LogP contribution is 2.23. The fraction of sp³-hybridized carbons (Fsp3) is 0.214. The summed E-state index contributed by atoms with van der Waals surface area (Å²) < 4.78 is 2.13. The molecule has 0 bridgehead atoms.